The molecule has 1 saturated carbocycles. The molecular weight excluding hydrogens is 288 g/mol. The minimum Gasteiger partial charge on any atom is -0.378 e. The fourth-order valence-corrected chi connectivity index (χ4v) is 3.24. The van der Waals surface area contributed by atoms with E-state index in [4.69, 9.17) is 4.74 Å². The first kappa shape index (κ1) is 16.5. The van der Waals surface area contributed by atoms with Crippen LogP contribution in [-0.2, 0) is 4.74 Å². The molecule has 1 aliphatic carbocycles. The van der Waals surface area contributed by atoms with Crippen molar-refractivity contribution >= 4 is 15.9 Å². The van der Waals surface area contributed by atoms with Crippen LogP contribution < -0.4 is 0 Å². The Balaban J connectivity index is 1.83. The van der Waals surface area contributed by atoms with Crippen molar-refractivity contribution < 1.29 is 4.74 Å². The van der Waals surface area contributed by atoms with E-state index in [2.05, 4.69) is 22.9 Å². The van der Waals surface area contributed by atoms with Crippen LogP contribution in [0, 0.1) is 5.92 Å². The summed E-state index contributed by atoms with van der Waals surface area (Å²) >= 11 is 3.48. The van der Waals surface area contributed by atoms with Crippen LogP contribution in [0.2, 0.25) is 0 Å². The molecule has 0 bridgehead atoms. The van der Waals surface area contributed by atoms with Gasteiger partial charge in [0.2, 0.25) is 0 Å². The van der Waals surface area contributed by atoms with Gasteiger partial charge in [-0.25, -0.2) is 0 Å². The standard InChI is InChI=1S/C16H31BrO/c1-15-11-7-8-12-16(15)18-14-10-6-4-2-3-5-9-13-17/h15-16H,2-14H2,1H3. The average Bonchev–Trinajstić information content (AvgIpc) is 2.39. The third kappa shape index (κ3) is 7.78. The van der Waals surface area contributed by atoms with E-state index in [1.54, 1.807) is 0 Å². The molecule has 0 aromatic rings. The molecule has 0 aliphatic heterocycles. The van der Waals surface area contributed by atoms with Crippen LogP contribution in [0.3, 0.4) is 0 Å². The maximum absolute atomic E-state index is 6.03. The molecule has 1 fully saturated rings. The third-order valence-electron chi connectivity index (χ3n) is 4.14. The van der Waals surface area contributed by atoms with Crippen molar-refractivity contribution in [3.63, 3.8) is 0 Å². The summed E-state index contributed by atoms with van der Waals surface area (Å²) in [7, 11) is 0. The van der Waals surface area contributed by atoms with E-state index in [0.29, 0.717) is 6.10 Å². The highest BCUT2D eigenvalue weighted by Crippen LogP contribution is 2.26. The number of halogens is 1. The summed E-state index contributed by atoms with van der Waals surface area (Å²) in [5.74, 6) is 0.794. The van der Waals surface area contributed by atoms with Gasteiger partial charge in [0.15, 0.2) is 0 Å². The second kappa shape index (κ2) is 11.3. The topological polar surface area (TPSA) is 9.23 Å². The SMILES string of the molecule is CC1CCCCC1OCCCCCCCCCBr. The predicted molar refractivity (Wildman–Crippen MR) is 83.5 cm³/mol. The number of alkyl halides is 1. The van der Waals surface area contributed by atoms with Gasteiger partial charge in [-0.2, -0.15) is 0 Å². The van der Waals surface area contributed by atoms with Gasteiger partial charge in [0.25, 0.3) is 0 Å². The van der Waals surface area contributed by atoms with Crippen LogP contribution in [0.25, 0.3) is 0 Å². The number of ether oxygens (including phenoxy) is 1. The summed E-state index contributed by atoms with van der Waals surface area (Å²) in [6.07, 6.45) is 15.6. The Morgan fingerprint density at radius 1 is 0.889 bits per heavy atom. The Kier molecular flexibility index (Phi) is 10.3. The molecular formula is C16H31BrO. The molecule has 0 aromatic carbocycles. The third-order valence-corrected chi connectivity index (χ3v) is 4.70. The maximum atomic E-state index is 6.03. The Morgan fingerprint density at radius 3 is 2.17 bits per heavy atom. The maximum Gasteiger partial charge on any atom is 0.0600 e. The lowest BCUT2D eigenvalue weighted by Crippen LogP contribution is -2.25. The van der Waals surface area contributed by atoms with Crippen molar-refractivity contribution in [3.8, 4) is 0 Å². The van der Waals surface area contributed by atoms with Gasteiger partial charge in [-0.1, -0.05) is 67.8 Å². The number of unbranched alkanes of at least 4 members (excludes halogenated alkanes) is 6. The Morgan fingerprint density at radius 2 is 1.50 bits per heavy atom. The smallest absolute Gasteiger partial charge is 0.0600 e. The van der Waals surface area contributed by atoms with Gasteiger partial charge < -0.3 is 4.74 Å². The fraction of sp³-hybridized carbons (Fsp3) is 1.00. The molecule has 1 aliphatic rings. The highest BCUT2D eigenvalue weighted by molar-refractivity contribution is 9.09. The van der Waals surface area contributed by atoms with Gasteiger partial charge in [-0.05, 0) is 31.6 Å². The zero-order valence-electron chi connectivity index (χ0n) is 12.1. The van der Waals surface area contributed by atoms with E-state index in [9.17, 15) is 0 Å². The fourth-order valence-electron chi connectivity index (χ4n) is 2.84. The van der Waals surface area contributed by atoms with E-state index in [-0.39, 0.29) is 0 Å². The van der Waals surface area contributed by atoms with Crippen molar-refractivity contribution in [1.82, 2.24) is 0 Å². The van der Waals surface area contributed by atoms with Crippen LogP contribution in [-0.4, -0.2) is 18.0 Å². The zero-order chi connectivity index (χ0) is 13.1. The quantitative estimate of drug-likeness (QED) is 0.370. The summed E-state index contributed by atoms with van der Waals surface area (Å²) in [6.45, 7) is 3.35. The largest absolute Gasteiger partial charge is 0.378 e. The second-order valence-corrected chi connectivity index (χ2v) is 6.63. The van der Waals surface area contributed by atoms with Crippen molar-refractivity contribution in [2.24, 2.45) is 5.92 Å². The lowest BCUT2D eigenvalue weighted by atomic mass is 9.88. The average molecular weight is 319 g/mol. The van der Waals surface area contributed by atoms with E-state index in [0.717, 1.165) is 12.5 Å². The molecule has 0 N–H and O–H groups in total. The summed E-state index contributed by atoms with van der Waals surface area (Å²) in [5.41, 5.74) is 0. The molecule has 0 spiro atoms. The molecule has 0 aromatic heterocycles. The normalized spacial score (nSPS) is 24.3. The lowest BCUT2D eigenvalue weighted by Gasteiger charge is -2.28. The first-order chi connectivity index (χ1) is 8.84. The highest BCUT2D eigenvalue weighted by atomic mass is 79.9. The van der Waals surface area contributed by atoms with Gasteiger partial charge in [-0.15, -0.1) is 0 Å². The molecule has 2 heteroatoms. The van der Waals surface area contributed by atoms with Crippen molar-refractivity contribution in [2.45, 2.75) is 83.7 Å². The van der Waals surface area contributed by atoms with E-state index < -0.39 is 0 Å². The summed E-state index contributed by atoms with van der Waals surface area (Å²) in [6, 6.07) is 0. The zero-order valence-corrected chi connectivity index (χ0v) is 13.7. The molecule has 1 nitrogen and oxygen atoms in total. The summed E-state index contributed by atoms with van der Waals surface area (Å²) in [4.78, 5) is 0. The van der Waals surface area contributed by atoms with Crippen LogP contribution in [0.15, 0.2) is 0 Å². The van der Waals surface area contributed by atoms with E-state index in [1.165, 1.54) is 76.0 Å². The molecule has 0 radical (unpaired) electrons. The van der Waals surface area contributed by atoms with Crippen molar-refractivity contribution in [1.29, 1.82) is 0 Å². The predicted octanol–water partition coefficient (Wildman–Crippen LogP) is 5.71. The van der Waals surface area contributed by atoms with Gasteiger partial charge in [0.1, 0.15) is 0 Å². The van der Waals surface area contributed by atoms with Gasteiger partial charge in [0.05, 0.1) is 6.10 Å². The van der Waals surface area contributed by atoms with Crippen molar-refractivity contribution in [3.05, 3.63) is 0 Å². The van der Waals surface area contributed by atoms with E-state index in [1.807, 2.05) is 0 Å². The van der Waals surface area contributed by atoms with Crippen molar-refractivity contribution in [2.75, 3.05) is 11.9 Å². The molecule has 2 atom stereocenters. The number of hydrogen-bond donors (Lipinski definition) is 0. The monoisotopic (exact) mass is 318 g/mol. The number of hydrogen-bond acceptors (Lipinski definition) is 1. The van der Waals surface area contributed by atoms with Crippen LogP contribution >= 0.6 is 15.9 Å². The molecule has 0 heterocycles. The van der Waals surface area contributed by atoms with Gasteiger partial charge >= 0.3 is 0 Å². The van der Waals surface area contributed by atoms with Gasteiger partial charge in [-0.3, -0.25) is 0 Å². The summed E-state index contributed by atoms with van der Waals surface area (Å²) < 4.78 is 6.03. The van der Waals surface area contributed by atoms with Gasteiger partial charge in [0, 0.05) is 11.9 Å². The summed E-state index contributed by atoms with van der Waals surface area (Å²) in [5, 5.41) is 1.17. The minimum atomic E-state index is 0.567. The van der Waals surface area contributed by atoms with Crippen LogP contribution in [0.5, 0.6) is 0 Å². The highest BCUT2D eigenvalue weighted by Gasteiger charge is 2.21. The molecule has 0 saturated heterocycles. The minimum absolute atomic E-state index is 0.567. The van der Waals surface area contributed by atoms with Crippen LogP contribution in [0.1, 0.15) is 77.6 Å². The first-order valence-electron chi connectivity index (χ1n) is 8.02. The van der Waals surface area contributed by atoms with Crippen LogP contribution in [0.4, 0.5) is 0 Å². The first-order valence-corrected chi connectivity index (χ1v) is 9.14. The Hall–Kier alpha value is 0.440. The Labute approximate surface area is 122 Å². The van der Waals surface area contributed by atoms with E-state index >= 15 is 0 Å². The number of rotatable bonds is 10. The molecule has 18 heavy (non-hydrogen) atoms. The second-order valence-electron chi connectivity index (χ2n) is 5.83. The lowest BCUT2D eigenvalue weighted by molar-refractivity contribution is -0.00656. The molecule has 2 unspecified atom stereocenters. The molecule has 0 amide bonds. The molecule has 1 rings (SSSR count). The Bertz CT molecular complexity index is 184. The molecule has 108 valence electrons.